The van der Waals surface area contributed by atoms with E-state index in [1.807, 2.05) is 0 Å². The zero-order valence-electron chi connectivity index (χ0n) is 51.4. The molecule has 1 aliphatic rings. The van der Waals surface area contributed by atoms with E-state index in [2.05, 4.69) is 351 Å². The molecule has 1 aliphatic carbocycles. The Kier molecular flexibility index (Phi) is 12.6. The van der Waals surface area contributed by atoms with Crippen LogP contribution in [0.1, 0.15) is 25.0 Å². The Hall–Kier alpha value is -12.0. The van der Waals surface area contributed by atoms with Crippen LogP contribution in [-0.4, -0.2) is 0 Å². The van der Waals surface area contributed by atoms with E-state index >= 15 is 0 Å². The van der Waals surface area contributed by atoms with Gasteiger partial charge in [0.15, 0.2) is 11.2 Å². The van der Waals surface area contributed by atoms with Crippen LogP contribution in [0.3, 0.4) is 0 Å². The summed E-state index contributed by atoms with van der Waals surface area (Å²) in [6.07, 6.45) is 0. The highest BCUT2D eigenvalue weighted by Gasteiger charge is 2.37. The monoisotopic (exact) mass is 1190 g/mol. The normalized spacial score (nSPS) is 12.5. The molecule has 0 bridgehead atoms. The van der Waals surface area contributed by atoms with Gasteiger partial charge in [0.2, 0.25) is 0 Å². The van der Waals surface area contributed by atoms with Crippen molar-refractivity contribution in [2.24, 2.45) is 0 Å². The van der Waals surface area contributed by atoms with Crippen molar-refractivity contribution in [2.45, 2.75) is 19.3 Å². The summed E-state index contributed by atoms with van der Waals surface area (Å²) in [4.78, 5) is 4.86. The zero-order valence-corrected chi connectivity index (χ0v) is 51.4. The van der Waals surface area contributed by atoms with E-state index in [-0.39, 0.29) is 0 Å². The third-order valence-corrected chi connectivity index (χ3v) is 19.4. The molecule has 18 rings (SSSR count). The van der Waals surface area contributed by atoms with Crippen LogP contribution in [0.2, 0.25) is 0 Å². The van der Waals surface area contributed by atoms with Crippen molar-refractivity contribution in [1.82, 2.24) is 0 Å². The summed E-state index contributed by atoms with van der Waals surface area (Å²) in [5.74, 6) is 0. The van der Waals surface area contributed by atoms with Crippen molar-refractivity contribution in [3.05, 3.63) is 339 Å². The lowest BCUT2D eigenvalue weighted by atomic mass is 9.66. The first-order valence-electron chi connectivity index (χ1n) is 32.0. The maximum atomic E-state index is 6.98. The molecule has 0 aliphatic heterocycles. The molecule has 0 fully saturated rings. The first kappa shape index (κ1) is 54.0. The number of anilines is 6. The molecule has 0 atom stereocenters. The fourth-order valence-electron chi connectivity index (χ4n) is 15.0. The van der Waals surface area contributed by atoms with Crippen LogP contribution in [0, 0.1) is 0 Å². The van der Waals surface area contributed by atoms with Gasteiger partial charge in [0.25, 0.3) is 0 Å². The van der Waals surface area contributed by atoms with Gasteiger partial charge >= 0.3 is 0 Å². The molecule has 0 amide bonds. The van der Waals surface area contributed by atoms with Crippen molar-refractivity contribution >= 4 is 99.5 Å². The summed E-state index contributed by atoms with van der Waals surface area (Å²) in [6.45, 7) is 4.84. The predicted molar refractivity (Wildman–Crippen MR) is 390 cm³/mol. The van der Waals surface area contributed by atoms with Gasteiger partial charge in [-0.2, -0.15) is 0 Å². The summed E-state index contributed by atoms with van der Waals surface area (Å²) >= 11 is 0. The molecule has 0 radical (unpaired) electrons. The number of hydrogen-bond donors (Lipinski definition) is 0. The molecule has 2 aromatic heterocycles. The number of benzene rings is 15. The topological polar surface area (TPSA) is 32.8 Å². The van der Waals surface area contributed by atoms with E-state index in [4.69, 9.17) is 8.83 Å². The van der Waals surface area contributed by atoms with Crippen LogP contribution < -0.4 is 9.80 Å². The minimum absolute atomic E-state index is 0.468. The summed E-state index contributed by atoms with van der Waals surface area (Å²) in [5.41, 5.74) is 25.4. The first-order chi connectivity index (χ1) is 45.9. The lowest BCUT2D eigenvalue weighted by Crippen LogP contribution is -2.25. The molecular weight excluding hydrogens is 1130 g/mol. The molecule has 0 saturated carbocycles. The fourth-order valence-corrected chi connectivity index (χ4v) is 15.0. The second-order valence-electron chi connectivity index (χ2n) is 25.1. The maximum absolute atomic E-state index is 6.98. The lowest BCUT2D eigenvalue weighted by molar-refractivity contribution is 0.645. The number of fused-ring (bicyclic) bond motifs is 10. The van der Waals surface area contributed by atoms with Gasteiger partial charge in [0.1, 0.15) is 11.2 Å². The van der Waals surface area contributed by atoms with Crippen LogP contribution >= 0.6 is 0 Å². The second kappa shape index (κ2) is 21.6. The first-order valence-corrected chi connectivity index (χ1v) is 32.0. The molecule has 15 aromatic carbocycles. The highest BCUT2D eigenvalue weighted by Crippen LogP contribution is 2.57. The van der Waals surface area contributed by atoms with Gasteiger partial charge in [-0.25, -0.2) is 0 Å². The predicted octanol–water partition coefficient (Wildman–Crippen LogP) is 25.4. The third-order valence-electron chi connectivity index (χ3n) is 19.4. The van der Waals surface area contributed by atoms with E-state index in [0.717, 1.165) is 128 Å². The van der Waals surface area contributed by atoms with Crippen molar-refractivity contribution < 1.29 is 8.83 Å². The number of furan rings is 2. The molecule has 17 aromatic rings. The number of para-hydroxylation sites is 4. The van der Waals surface area contributed by atoms with Gasteiger partial charge in [0, 0.05) is 49.7 Å². The van der Waals surface area contributed by atoms with Crippen molar-refractivity contribution in [3.63, 3.8) is 0 Å². The molecule has 0 saturated heterocycles. The average Bonchev–Trinajstić information content (AvgIpc) is 1.37. The van der Waals surface area contributed by atoms with Crippen LogP contribution in [-0.2, 0) is 5.41 Å². The Morgan fingerprint density at radius 3 is 1.13 bits per heavy atom. The molecule has 4 nitrogen and oxygen atoms in total. The smallest absolute Gasteiger partial charge is 0.159 e. The number of rotatable bonds is 11. The molecule has 0 spiro atoms. The lowest BCUT2D eigenvalue weighted by Gasteiger charge is -2.38. The van der Waals surface area contributed by atoms with Crippen molar-refractivity contribution in [1.29, 1.82) is 0 Å². The Bertz CT molecular complexity index is 5660. The highest BCUT2D eigenvalue weighted by atomic mass is 16.3. The second-order valence-corrected chi connectivity index (χ2v) is 25.1. The van der Waals surface area contributed by atoms with Gasteiger partial charge in [0.05, 0.1) is 11.4 Å². The fraction of sp³-hybridized carbons (Fsp3) is 0.0337. The molecule has 0 unspecified atom stereocenters. The number of hydrogen-bond acceptors (Lipinski definition) is 4. The SMILES string of the molecule is CC1(C)c2cc(N(c3cc(-c4ccccc4)cc(-c4ccccc4)c3)c3cccc4c3oc3ccccc34)ccc2-c2c(-c3ccccc3)c3ccc(N(c4cc(-c5ccccc5)cc(-c5ccccc5)c4)c4cccc5c4oc4ccccc45)cc3c3cccc1c23. The van der Waals surface area contributed by atoms with Gasteiger partial charge in [-0.15, -0.1) is 0 Å². The highest BCUT2D eigenvalue weighted by molar-refractivity contribution is 6.25. The number of nitrogens with zero attached hydrogens (tertiary/aromatic N) is 2. The van der Waals surface area contributed by atoms with E-state index < -0.39 is 5.41 Å². The van der Waals surface area contributed by atoms with Crippen LogP contribution in [0.15, 0.2) is 336 Å². The largest absolute Gasteiger partial charge is 0.454 e. The van der Waals surface area contributed by atoms with Crippen molar-refractivity contribution in [3.8, 4) is 66.8 Å². The maximum Gasteiger partial charge on any atom is 0.159 e. The van der Waals surface area contributed by atoms with Crippen LogP contribution in [0.5, 0.6) is 0 Å². The van der Waals surface area contributed by atoms with E-state index in [0.29, 0.717) is 0 Å². The minimum atomic E-state index is -0.468. The summed E-state index contributed by atoms with van der Waals surface area (Å²) in [5, 5.41) is 9.14. The molecular formula is C89H60N2O2. The van der Waals surface area contributed by atoms with Crippen LogP contribution in [0.25, 0.3) is 132 Å². The van der Waals surface area contributed by atoms with Gasteiger partial charge < -0.3 is 18.6 Å². The van der Waals surface area contributed by atoms with Gasteiger partial charge in [-0.1, -0.05) is 257 Å². The minimum Gasteiger partial charge on any atom is -0.454 e. The zero-order chi connectivity index (χ0) is 61.7. The molecule has 4 heteroatoms. The molecule has 93 heavy (non-hydrogen) atoms. The van der Waals surface area contributed by atoms with Gasteiger partial charge in [-0.3, -0.25) is 0 Å². The van der Waals surface area contributed by atoms with Gasteiger partial charge in [-0.05, 0) is 184 Å². The Morgan fingerprint density at radius 1 is 0.247 bits per heavy atom. The Morgan fingerprint density at radius 2 is 0.645 bits per heavy atom. The molecule has 0 N–H and O–H groups in total. The Balaban J connectivity index is 0.887. The molecule has 2 heterocycles. The summed E-state index contributed by atoms with van der Waals surface area (Å²) < 4.78 is 14.0. The van der Waals surface area contributed by atoms with Crippen molar-refractivity contribution in [2.75, 3.05) is 9.80 Å². The Labute approximate surface area is 539 Å². The molecule has 438 valence electrons. The third kappa shape index (κ3) is 8.89. The average molecular weight is 1190 g/mol. The standard InChI is InChI=1S/C89H60N2O2/c1-89(2)78-40-22-37-72-77-55-66(90(80-41-23-38-74-70-35-18-20-43-82(70)92-87(74)80)68-51-62(57-25-8-3-9-26-57)49-63(52-68)58-27-10-4-11-28-58)45-47-73(77)84(61-33-16-7-17-34-61)86(85(72)78)76-48-46-67(56-79(76)89)91(81-42-24-39-75-71-36-19-21-44-83(71)93-88(75)81)69-53-64(59-29-12-5-13-30-59)50-65(54-69)60-31-14-6-15-32-60/h3-56H,1-2H3. The quantitative estimate of drug-likeness (QED) is 0.121. The van der Waals surface area contributed by atoms with E-state index in [9.17, 15) is 0 Å². The van der Waals surface area contributed by atoms with Crippen LogP contribution in [0.4, 0.5) is 34.1 Å². The van der Waals surface area contributed by atoms with E-state index in [1.54, 1.807) is 0 Å². The van der Waals surface area contributed by atoms with E-state index in [1.165, 1.54) is 49.4 Å². The summed E-state index contributed by atoms with van der Waals surface area (Å²) in [7, 11) is 0. The summed E-state index contributed by atoms with van der Waals surface area (Å²) in [6, 6.07) is 119.